The summed E-state index contributed by atoms with van der Waals surface area (Å²) in [7, 11) is 0.432. The Hall–Kier alpha value is -2.81. The van der Waals surface area contributed by atoms with Gasteiger partial charge in [-0.15, -0.1) is 0 Å². The number of halogens is 1. The molecule has 34 heavy (non-hydrogen) atoms. The average molecular weight is 496 g/mol. The molecule has 0 spiro atoms. The van der Waals surface area contributed by atoms with Crippen LogP contribution >= 0.6 is 11.6 Å². The van der Waals surface area contributed by atoms with Crippen LogP contribution < -0.4 is 4.74 Å². The smallest absolute Gasteiger partial charge is 0.215 e. The summed E-state index contributed by atoms with van der Waals surface area (Å²) >= 11 is 6.50. The van der Waals surface area contributed by atoms with E-state index in [2.05, 4.69) is 28.6 Å². The minimum absolute atomic E-state index is 0.138. The van der Waals surface area contributed by atoms with Crippen molar-refractivity contribution in [3.8, 4) is 17.3 Å². The highest BCUT2D eigenvalue weighted by molar-refractivity contribution is 7.82. The lowest BCUT2D eigenvalue weighted by Crippen LogP contribution is -2.36. The number of benzene rings is 1. The molecule has 3 aromatic heterocycles. The fraction of sp³-hybridized carbons (Fsp3) is 0.320. The van der Waals surface area contributed by atoms with Crippen LogP contribution in [-0.4, -0.2) is 48.2 Å². The second-order valence-electron chi connectivity index (χ2n) is 8.26. The molecular formula is C25H26ClN5O2S. The van der Waals surface area contributed by atoms with E-state index in [9.17, 15) is 4.21 Å². The summed E-state index contributed by atoms with van der Waals surface area (Å²) in [5.41, 5.74) is 3.61. The Morgan fingerprint density at radius 2 is 1.85 bits per heavy atom. The Kier molecular flexibility index (Phi) is 6.63. The normalized spacial score (nSPS) is 16.1. The molecule has 0 N–H and O–H groups in total. The Morgan fingerprint density at radius 3 is 2.53 bits per heavy atom. The summed E-state index contributed by atoms with van der Waals surface area (Å²) in [6.07, 6.45) is 5.95. The first-order chi connectivity index (χ1) is 16.6. The van der Waals surface area contributed by atoms with Crippen molar-refractivity contribution in [1.29, 1.82) is 0 Å². The molecule has 7 nitrogen and oxygen atoms in total. The third-order valence-electron chi connectivity index (χ3n) is 6.29. The van der Waals surface area contributed by atoms with Crippen molar-refractivity contribution in [2.75, 3.05) is 20.2 Å². The maximum atomic E-state index is 13.2. The number of aromatic nitrogens is 4. The molecule has 0 radical (unpaired) electrons. The summed E-state index contributed by atoms with van der Waals surface area (Å²) in [6.45, 7) is 3.54. The molecule has 0 amide bonds. The van der Waals surface area contributed by atoms with Crippen molar-refractivity contribution in [2.24, 2.45) is 0 Å². The van der Waals surface area contributed by atoms with E-state index in [0.717, 1.165) is 46.7 Å². The van der Waals surface area contributed by atoms with Crippen molar-refractivity contribution in [3.63, 3.8) is 0 Å². The number of imidazole rings is 1. The molecule has 176 valence electrons. The van der Waals surface area contributed by atoms with Gasteiger partial charge in [0, 0.05) is 43.2 Å². The van der Waals surface area contributed by atoms with Gasteiger partial charge in [0.25, 0.3) is 0 Å². The minimum Gasteiger partial charge on any atom is -0.481 e. The molecular weight excluding hydrogens is 470 g/mol. The van der Waals surface area contributed by atoms with Crippen LogP contribution in [0.15, 0.2) is 59.8 Å². The number of piperidine rings is 1. The number of rotatable bonds is 6. The summed E-state index contributed by atoms with van der Waals surface area (Å²) < 4.78 is 22.8. The summed E-state index contributed by atoms with van der Waals surface area (Å²) in [5.74, 6) is 1.30. The highest BCUT2D eigenvalue weighted by Crippen LogP contribution is 2.36. The monoisotopic (exact) mass is 495 g/mol. The van der Waals surface area contributed by atoms with Crippen LogP contribution in [0.25, 0.3) is 22.6 Å². The fourth-order valence-corrected chi connectivity index (χ4v) is 5.83. The molecule has 1 aromatic carbocycles. The summed E-state index contributed by atoms with van der Waals surface area (Å²) in [4.78, 5) is 14.5. The number of aryl methyl sites for hydroxylation is 1. The molecule has 1 aliphatic heterocycles. The third-order valence-corrected chi connectivity index (χ3v) is 8.10. The van der Waals surface area contributed by atoms with Crippen molar-refractivity contribution < 1.29 is 8.95 Å². The molecule has 9 heteroatoms. The van der Waals surface area contributed by atoms with Crippen LogP contribution in [0.3, 0.4) is 0 Å². The Bertz CT molecular complexity index is 1330. The van der Waals surface area contributed by atoms with Crippen LogP contribution in [0.1, 0.15) is 31.4 Å². The van der Waals surface area contributed by atoms with Gasteiger partial charge in [-0.2, -0.15) is 4.98 Å². The van der Waals surface area contributed by atoms with Gasteiger partial charge in [0.15, 0.2) is 5.65 Å². The predicted molar refractivity (Wildman–Crippen MR) is 134 cm³/mol. The lowest BCUT2D eigenvalue weighted by atomic mass is 10.1. The SMILES string of the molecule is CCc1ccc(S(=O)N2CCC(n3c(-c4ccncc4Cl)nc4ccc(OC)nc43)CC2)cc1. The van der Waals surface area contributed by atoms with Gasteiger partial charge in [0.1, 0.15) is 22.3 Å². The van der Waals surface area contributed by atoms with Gasteiger partial charge in [-0.1, -0.05) is 30.7 Å². The van der Waals surface area contributed by atoms with Gasteiger partial charge in [0.2, 0.25) is 5.88 Å². The average Bonchev–Trinajstić information content (AvgIpc) is 3.27. The van der Waals surface area contributed by atoms with Crippen LogP contribution in [0.4, 0.5) is 0 Å². The first kappa shape index (κ1) is 23.0. The maximum absolute atomic E-state index is 13.2. The molecule has 0 aliphatic carbocycles. The number of hydrogen-bond donors (Lipinski definition) is 0. The van der Waals surface area contributed by atoms with Crippen LogP contribution in [-0.2, 0) is 17.4 Å². The van der Waals surface area contributed by atoms with Crippen molar-refractivity contribution >= 4 is 33.8 Å². The quantitative estimate of drug-likeness (QED) is 0.373. The Morgan fingerprint density at radius 1 is 1.09 bits per heavy atom. The second-order valence-corrected chi connectivity index (χ2v) is 10.2. The number of ether oxygens (including phenoxy) is 1. The lowest BCUT2D eigenvalue weighted by Gasteiger charge is -2.32. The fourth-order valence-electron chi connectivity index (χ4n) is 4.42. The lowest BCUT2D eigenvalue weighted by molar-refractivity contribution is 0.287. The van der Waals surface area contributed by atoms with E-state index in [1.165, 1.54) is 5.56 Å². The number of nitrogens with zero attached hydrogens (tertiary/aromatic N) is 5. The molecule has 1 fully saturated rings. The third kappa shape index (κ3) is 4.33. The van der Waals surface area contributed by atoms with Gasteiger partial charge in [-0.05, 0) is 49.1 Å². The number of pyridine rings is 2. The van der Waals surface area contributed by atoms with E-state index in [4.69, 9.17) is 26.3 Å². The topological polar surface area (TPSA) is 73.1 Å². The van der Waals surface area contributed by atoms with Crippen LogP contribution in [0.5, 0.6) is 5.88 Å². The molecule has 5 rings (SSSR count). The number of fused-ring (bicyclic) bond motifs is 1. The molecule has 1 aliphatic rings. The maximum Gasteiger partial charge on any atom is 0.215 e. The number of methoxy groups -OCH3 is 1. The van der Waals surface area contributed by atoms with E-state index in [-0.39, 0.29) is 6.04 Å². The van der Waals surface area contributed by atoms with E-state index in [1.807, 2.05) is 34.6 Å². The zero-order chi connectivity index (χ0) is 23.7. The van der Waals surface area contributed by atoms with Crippen LogP contribution in [0.2, 0.25) is 5.02 Å². The van der Waals surface area contributed by atoms with E-state index in [0.29, 0.717) is 24.0 Å². The first-order valence-corrected chi connectivity index (χ1v) is 12.9. The van der Waals surface area contributed by atoms with Crippen molar-refractivity contribution in [2.45, 2.75) is 37.1 Å². The van der Waals surface area contributed by atoms with E-state index in [1.54, 1.807) is 19.5 Å². The summed E-state index contributed by atoms with van der Waals surface area (Å²) in [6, 6.07) is 13.8. The highest BCUT2D eigenvalue weighted by atomic mass is 35.5. The Balaban J connectivity index is 1.45. The molecule has 4 aromatic rings. The van der Waals surface area contributed by atoms with Gasteiger partial charge in [-0.3, -0.25) is 4.98 Å². The van der Waals surface area contributed by atoms with Gasteiger partial charge < -0.3 is 9.30 Å². The van der Waals surface area contributed by atoms with Gasteiger partial charge in [0.05, 0.1) is 17.0 Å². The largest absolute Gasteiger partial charge is 0.481 e. The molecule has 0 bridgehead atoms. The number of hydrogen-bond acceptors (Lipinski definition) is 5. The van der Waals surface area contributed by atoms with Gasteiger partial charge >= 0.3 is 0 Å². The molecule has 4 heterocycles. The molecule has 0 saturated carbocycles. The second kappa shape index (κ2) is 9.82. The van der Waals surface area contributed by atoms with Crippen molar-refractivity contribution in [1.82, 2.24) is 23.8 Å². The van der Waals surface area contributed by atoms with Gasteiger partial charge in [-0.25, -0.2) is 13.5 Å². The molecule has 1 saturated heterocycles. The van der Waals surface area contributed by atoms with Crippen molar-refractivity contribution in [3.05, 3.63) is 65.4 Å². The molecule has 1 atom stereocenters. The minimum atomic E-state index is -1.18. The zero-order valence-electron chi connectivity index (χ0n) is 19.1. The Labute approximate surface area is 206 Å². The standard InChI is InChI=1S/C25H26ClN5O2S/c1-3-17-4-6-19(7-5-17)34(32)30-14-11-18(12-15-30)31-24(20-10-13-27-16-21(20)26)28-22-8-9-23(33-2)29-25(22)31/h4-10,13,16,18H,3,11-12,14-15H2,1-2H3. The van der Waals surface area contributed by atoms with E-state index >= 15 is 0 Å². The predicted octanol–water partition coefficient (Wildman–Crippen LogP) is 5.08. The first-order valence-electron chi connectivity index (χ1n) is 11.4. The molecule has 1 unspecified atom stereocenters. The summed E-state index contributed by atoms with van der Waals surface area (Å²) in [5, 5.41) is 0.542. The van der Waals surface area contributed by atoms with E-state index < -0.39 is 11.0 Å². The zero-order valence-corrected chi connectivity index (χ0v) is 20.7. The highest BCUT2D eigenvalue weighted by Gasteiger charge is 2.29. The van der Waals surface area contributed by atoms with Crippen LogP contribution in [0, 0.1) is 0 Å².